The Hall–Kier alpha value is -4.78. The third-order valence-electron chi connectivity index (χ3n) is 6.42. The van der Waals surface area contributed by atoms with E-state index < -0.39 is 0 Å². The lowest BCUT2D eigenvalue weighted by Gasteiger charge is -2.15. The number of carbonyl (C=O) groups excluding carboxylic acids is 2. The Morgan fingerprint density at radius 3 is 2.08 bits per heavy atom. The smallest absolute Gasteiger partial charge is 0.255 e. The summed E-state index contributed by atoms with van der Waals surface area (Å²) in [5, 5.41) is 6.19. The van der Waals surface area contributed by atoms with Gasteiger partial charge in [0.2, 0.25) is 0 Å². The van der Waals surface area contributed by atoms with E-state index in [1.807, 2.05) is 25.1 Å². The van der Waals surface area contributed by atoms with Gasteiger partial charge < -0.3 is 15.1 Å². The number of benzene rings is 4. The van der Waals surface area contributed by atoms with Gasteiger partial charge in [0.05, 0.1) is 11.6 Å². The Balaban J connectivity index is 1.49. The van der Waals surface area contributed by atoms with Gasteiger partial charge in [0.1, 0.15) is 23.0 Å². The Labute approximate surface area is 218 Å². The normalized spacial score (nSPS) is 11.8. The molecule has 0 aliphatic rings. The summed E-state index contributed by atoms with van der Waals surface area (Å²) in [7, 11) is 1.54. The average molecular weight is 511 g/mol. The highest BCUT2D eigenvalue weighted by Gasteiger charge is 2.22. The number of hydrogen-bond donors (Lipinski definition) is 2. The quantitative estimate of drug-likeness (QED) is 0.261. The van der Waals surface area contributed by atoms with Crippen molar-refractivity contribution in [3.8, 4) is 22.5 Å². The van der Waals surface area contributed by atoms with Gasteiger partial charge in [0, 0.05) is 23.6 Å². The van der Waals surface area contributed by atoms with Gasteiger partial charge in [-0.1, -0.05) is 30.3 Å². The second kappa shape index (κ2) is 10.3. The summed E-state index contributed by atoms with van der Waals surface area (Å²) in [5.74, 6) is -0.969. The minimum atomic E-state index is -0.385. The number of amides is 2. The number of hydrogen-bond acceptors (Lipinski definition) is 3. The fourth-order valence-corrected chi connectivity index (χ4v) is 4.39. The zero-order valence-corrected chi connectivity index (χ0v) is 20.7. The molecule has 0 radical (unpaired) electrons. The van der Waals surface area contributed by atoms with Gasteiger partial charge in [-0.2, -0.15) is 0 Å². The SMILES string of the molecule is CNC(=O)c1c(-c2ccc(F)cc2)oc2ccc(-c3cccc(C(=O)N[C@H](C)c4ccc(F)cc4)c3)cc12. The first kappa shape index (κ1) is 24.9. The average Bonchev–Trinajstić information content (AvgIpc) is 3.32. The minimum Gasteiger partial charge on any atom is -0.455 e. The van der Waals surface area contributed by atoms with Crippen molar-refractivity contribution in [1.29, 1.82) is 0 Å². The van der Waals surface area contributed by atoms with E-state index >= 15 is 0 Å². The Bertz CT molecular complexity index is 1640. The van der Waals surface area contributed by atoms with Gasteiger partial charge in [0.25, 0.3) is 11.8 Å². The van der Waals surface area contributed by atoms with Crippen LogP contribution in [-0.2, 0) is 0 Å². The zero-order chi connectivity index (χ0) is 26.8. The Kier molecular flexibility index (Phi) is 6.75. The van der Waals surface area contributed by atoms with E-state index in [9.17, 15) is 18.4 Å². The maximum absolute atomic E-state index is 13.5. The lowest BCUT2D eigenvalue weighted by atomic mass is 9.98. The van der Waals surface area contributed by atoms with E-state index in [0.29, 0.717) is 33.4 Å². The van der Waals surface area contributed by atoms with E-state index in [1.165, 1.54) is 31.3 Å². The van der Waals surface area contributed by atoms with Crippen LogP contribution in [0.15, 0.2) is 95.4 Å². The van der Waals surface area contributed by atoms with Crippen molar-refractivity contribution in [3.05, 3.63) is 119 Å². The van der Waals surface area contributed by atoms with Gasteiger partial charge in [-0.15, -0.1) is 0 Å². The Morgan fingerprint density at radius 1 is 0.763 bits per heavy atom. The van der Waals surface area contributed by atoms with Crippen LogP contribution in [0.2, 0.25) is 0 Å². The molecule has 0 bridgehead atoms. The molecule has 0 aliphatic heterocycles. The molecule has 38 heavy (non-hydrogen) atoms. The van der Waals surface area contributed by atoms with E-state index in [0.717, 1.165) is 16.7 Å². The van der Waals surface area contributed by atoms with Crippen LogP contribution in [-0.4, -0.2) is 18.9 Å². The van der Waals surface area contributed by atoms with Crippen molar-refractivity contribution in [2.45, 2.75) is 13.0 Å². The largest absolute Gasteiger partial charge is 0.455 e. The third kappa shape index (κ3) is 4.91. The summed E-state index contributed by atoms with van der Waals surface area (Å²) in [6.07, 6.45) is 0. The Morgan fingerprint density at radius 2 is 1.39 bits per heavy atom. The number of carbonyl (C=O) groups is 2. The van der Waals surface area contributed by atoms with Crippen LogP contribution >= 0.6 is 0 Å². The van der Waals surface area contributed by atoms with Crippen LogP contribution < -0.4 is 10.6 Å². The molecule has 7 heteroatoms. The summed E-state index contributed by atoms with van der Waals surface area (Å²) in [4.78, 5) is 25.8. The van der Waals surface area contributed by atoms with Gasteiger partial charge >= 0.3 is 0 Å². The zero-order valence-electron chi connectivity index (χ0n) is 20.7. The highest BCUT2D eigenvalue weighted by Crippen LogP contribution is 2.36. The molecular weight excluding hydrogens is 486 g/mol. The summed E-state index contributed by atoms with van der Waals surface area (Å²) >= 11 is 0. The van der Waals surface area contributed by atoms with E-state index in [2.05, 4.69) is 10.6 Å². The fourth-order valence-electron chi connectivity index (χ4n) is 4.39. The summed E-state index contributed by atoms with van der Waals surface area (Å²) in [5.41, 5.74) is 4.25. The van der Waals surface area contributed by atoms with Crippen molar-refractivity contribution in [2.24, 2.45) is 0 Å². The first-order valence-corrected chi connectivity index (χ1v) is 12.1. The van der Waals surface area contributed by atoms with Crippen LogP contribution in [0.3, 0.4) is 0 Å². The van der Waals surface area contributed by atoms with Crippen molar-refractivity contribution in [1.82, 2.24) is 10.6 Å². The standard InChI is InChI=1S/C31H24F2N2O3/c1-18(19-6-11-24(32)12-7-19)35-30(36)23-5-3-4-21(16-23)22-10-15-27-26(17-22)28(31(37)34-2)29(38-27)20-8-13-25(33)14-9-20/h3-18H,1-2H3,(H,34,37)(H,35,36)/t18-/m1/s1. The molecule has 1 atom stereocenters. The topological polar surface area (TPSA) is 71.3 Å². The number of fused-ring (bicyclic) bond motifs is 1. The number of halogens is 2. The predicted molar refractivity (Wildman–Crippen MR) is 143 cm³/mol. The molecule has 190 valence electrons. The molecule has 0 fully saturated rings. The predicted octanol–water partition coefficient (Wildman–Crippen LogP) is 6.90. The highest BCUT2D eigenvalue weighted by molar-refractivity contribution is 6.11. The van der Waals surface area contributed by atoms with Crippen LogP contribution in [0.5, 0.6) is 0 Å². The van der Waals surface area contributed by atoms with Crippen LogP contribution in [0.25, 0.3) is 33.4 Å². The minimum absolute atomic E-state index is 0.266. The molecule has 4 aromatic carbocycles. The van der Waals surface area contributed by atoms with Crippen molar-refractivity contribution < 1.29 is 22.8 Å². The van der Waals surface area contributed by atoms with E-state index in [1.54, 1.807) is 48.5 Å². The van der Waals surface area contributed by atoms with Crippen molar-refractivity contribution in [2.75, 3.05) is 7.05 Å². The van der Waals surface area contributed by atoms with Crippen LogP contribution in [0.1, 0.15) is 39.2 Å². The van der Waals surface area contributed by atoms with Crippen LogP contribution in [0, 0.1) is 11.6 Å². The molecule has 1 heterocycles. The molecule has 5 nitrogen and oxygen atoms in total. The monoisotopic (exact) mass is 510 g/mol. The molecule has 0 unspecified atom stereocenters. The number of nitrogens with one attached hydrogen (secondary N) is 2. The molecule has 2 N–H and O–H groups in total. The third-order valence-corrected chi connectivity index (χ3v) is 6.42. The maximum Gasteiger partial charge on any atom is 0.255 e. The fraction of sp³-hybridized carbons (Fsp3) is 0.0968. The van der Waals surface area contributed by atoms with Gasteiger partial charge in [-0.25, -0.2) is 8.78 Å². The number of rotatable bonds is 6. The van der Waals surface area contributed by atoms with Gasteiger partial charge in [-0.05, 0) is 84.3 Å². The molecule has 1 aromatic heterocycles. The lowest BCUT2D eigenvalue weighted by Crippen LogP contribution is -2.26. The van der Waals surface area contributed by atoms with Crippen LogP contribution in [0.4, 0.5) is 8.78 Å². The second-order valence-corrected chi connectivity index (χ2v) is 8.93. The number of furan rings is 1. The molecular formula is C31H24F2N2O3. The van der Waals surface area contributed by atoms with Gasteiger partial charge in [-0.3, -0.25) is 9.59 Å². The van der Waals surface area contributed by atoms with Gasteiger partial charge in [0.15, 0.2) is 0 Å². The van der Waals surface area contributed by atoms with E-state index in [4.69, 9.17) is 4.42 Å². The summed E-state index contributed by atoms with van der Waals surface area (Å²) < 4.78 is 32.7. The molecule has 0 saturated carbocycles. The molecule has 5 aromatic rings. The molecule has 0 aliphatic carbocycles. The molecule has 0 spiro atoms. The van der Waals surface area contributed by atoms with Crippen molar-refractivity contribution in [3.63, 3.8) is 0 Å². The lowest BCUT2D eigenvalue weighted by molar-refractivity contribution is 0.0937. The second-order valence-electron chi connectivity index (χ2n) is 8.93. The maximum atomic E-state index is 13.5. The van der Waals surface area contributed by atoms with Crippen molar-refractivity contribution >= 4 is 22.8 Å². The first-order chi connectivity index (χ1) is 18.3. The molecule has 5 rings (SSSR count). The highest BCUT2D eigenvalue weighted by atomic mass is 19.1. The summed E-state index contributed by atoms with van der Waals surface area (Å²) in [6.45, 7) is 1.83. The molecule has 2 amide bonds. The van der Waals surface area contributed by atoms with E-state index in [-0.39, 0.29) is 29.5 Å². The first-order valence-electron chi connectivity index (χ1n) is 12.1. The molecule has 0 saturated heterocycles. The summed E-state index contributed by atoms with van der Waals surface area (Å²) in [6, 6.07) is 24.1.